The maximum absolute atomic E-state index is 13.6. The van der Waals surface area contributed by atoms with Gasteiger partial charge >= 0.3 is 0 Å². The number of benzene rings is 2. The highest BCUT2D eigenvalue weighted by molar-refractivity contribution is 5.97. The minimum Gasteiger partial charge on any atom is -0.368 e. The molecular weight excluding hydrogens is 524 g/mol. The van der Waals surface area contributed by atoms with Crippen LogP contribution in [0.1, 0.15) is 48.1 Å². The molecule has 5 rings (SSSR count). The highest BCUT2D eigenvalue weighted by atomic mass is 16.2. The molecule has 1 fully saturated rings. The lowest BCUT2D eigenvalue weighted by Gasteiger charge is -2.39. The van der Waals surface area contributed by atoms with Gasteiger partial charge in [0.1, 0.15) is 5.69 Å². The van der Waals surface area contributed by atoms with Crippen molar-refractivity contribution in [1.82, 2.24) is 20.1 Å². The second-order valence-electron chi connectivity index (χ2n) is 11.5. The second kappa shape index (κ2) is 12.9. The number of nitrogens with zero attached hydrogens (tertiary/aromatic N) is 5. The lowest BCUT2D eigenvalue weighted by Crippen LogP contribution is -2.49. The molecule has 8 heteroatoms. The number of fused-ring (bicyclic) bond motifs is 2. The van der Waals surface area contributed by atoms with Crippen LogP contribution < -0.4 is 15.1 Å². The van der Waals surface area contributed by atoms with E-state index in [-0.39, 0.29) is 17.9 Å². The van der Waals surface area contributed by atoms with Gasteiger partial charge in [-0.3, -0.25) is 9.59 Å². The number of likely N-dealkylation sites (N-methyl/N-ethyl adjacent to an activating group) is 1. The molecule has 8 nitrogen and oxygen atoms in total. The monoisotopic (exact) mass is 568 g/mol. The van der Waals surface area contributed by atoms with Crippen molar-refractivity contribution in [2.75, 3.05) is 62.2 Å². The molecule has 1 N–H and O–H groups in total. The van der Waals surface area contributed by atoms with E-state index in [1.54, 1.807) is 0 Å². The number of anilines is 2. The maximum atomic E-state index is 13.6. The van der Waals surface area contributed by atoms with Gasteiger partial charge in [0, 0.05) is 67.6 Å². The Morgan fingerprint density at radius 3 is 2.43 bits per heavy atom. The topological polar surface area (TPSA) is 72.0 Å². The highest BCUT2D eigenvalue weighted by Gasteiger charge is 2.29. The van der Waals surface area contributed by atoms with Gasteiger partial charge in [-0.1, -0.05) is 50.8 Å². The van der Waals surface area contributed by atoms with Gasteiger partial charge in [-0.25, -0.2) is 4.98 Å². The Balaban J connectivity index is 1.47. The summed E-state index contributed by atoms with van der Waals surface area (Å²) in [5.74, 6) is -0.174. The number of aryl methyl sites for hydroxylation is 1. The Morgan fingerprint density at radius 2 is 1.74 bits per heavy atom. The minimum absolute atomic E-state index is 0.00213. The standard InChI is InChI=1S/C34H44N6O2/c1-6-32(41)39-19-17-38(18-20-39)31-21-28(34(42)35-25(5)22-37(7-2)8-3)36-29-23-40(16-15-27(29)31)30-14-10-13-26-12-9-11-24(4)33(26)30/h6,9-14,21,25H,1,7-8,15-20,22-23H2,2-5H3,(H,35,42). The molecular formula is C34H44N6O2. The van der Waals surface area contributed by atoms with Gasteiger partial charge in [0.2, 0.25) is 5.91 Å². The zero-order valence-electron chi connectivity index (χ0n) is 25.5. The molecule has 1 saturated heterocycles. The molecule has 0 spiro atoms. The smallest absolute Gasteiger partial charge is 0.270 e. The fraction of sp³-hybridized carbons (Fsp3) is 0.441. The van der Waals surface area contributed by atoms with Crippen LogP contribution >= 0.6 is 0 Å². The molecule has 3 aromatic rings. The largest absolute Gasteiger partial charge is 0.368 e. The first-order chi connectivity index (χ1) is 20.3. The first kappa shape index (κ1) is 29.6. The average Bonchev–Trinajstić information content (AvgIpc) is 3.02. The minimum atomic E-state index is -0.141. The van der Waals surface area contributed by atoms with Gasteiger partial charge in [0.15, 0.2) is 0 Å². The van der Waals surface area contributed by atoms with Crippen LogP contribution in [0.5, 0.6) is 0 Å². The summed E-state index contributed by atoms with van der Waals surface area (Å²) in [6, 6.07) is 14.9. The summed E-state index contributed by atoms with van der Waals surface area (Å²) in [7, 11) is 0. The van der Waals surface area contributed by atoms with Crippen LogP contribution in [0.3, 0.4) is 0 Å². The molecule has 1 atom stereocenters. The molecule has 2 amide bonds. The third-order valence-electron chi connectivity index (χ3n) is 8.73. The van der Waals surface area contributed by atoms with E-state index in [9.17, 15) is 9.59 Å². The van der Waals surface area contributed by atoms with Crippen molar-refractivity contribution in [1.29, 1.82) is 0 Å². The lowest BCUT2D eigenvalue weighted by atomic mass is 9.97. The van der Waals surface area contributed by atoms with Crippen molar-refractivity contribution in [2.24, 2.45) is 0 Å². The molecule has 222 valence electrons. The average molecular weight is 569 g/mol. The molecule has 0 saturated carbocycles. The second-order valence-corrected chi connectivity index (χ2v) is 11.5. The van der Waals surface area contributed by atoms with Crippen molar-refractivity contribution < 1.29 is 9.59 Å². The predicted octanol–water partition coefficient (Wildman–Crippen LogP) is 4.40. The molecule has 0 radical (unpaired) electrons. The first-order valence-electron chi connectivity index (χ1n) is 15.3. The molecule has 0 bridgehead atoms. The van der Waals surface area contributed by atoms with Gasteiger partial charge in [-0.05, 0) is 62.5 Å². The van der Waals surface area contributed by atoms with Gasteiger partial charge < -0.3 is 24.9 Å². The molecule has 0 aliphatic carbocycles. The van der Waals surface area contributed by atoms with Crippen LogP contribution in [0.4, 0.5) is 11.4 Å². The zero-order valence-corrected chi connectivity index (χ0v) is 25.5. The Morgan fingerprint density at radius 1 is 1.02 bits per heavy atom. The summed E-state index contributed by atoms with van der Waals surface area (Å²) >= 11 is 0. The molecule has 2 aliphatic heterocycles. The van der Waals surface area contributed by atoms with Crippen LogP contribution in [-0.4, -0.2) is 85.0 Å². The van der Waals surface area contributed by atoms with E-state index in [0.29, 0.717) is 38.4 Å². The van der Waals surface area contributed by atoms with E-state index in [4.69, 9.17) is 4.98 Å². The van der Waals surface area contributed by atoms with E-state index in [1.807, 2.05) is 11.0 Å². The van der Waals surface area contributed by atoms with Crippen molar-refractivity contribution in [3.8, 4) is 0 Å². The fourth-order valence-corrected chi connectivity index (χ4v) is 6.40. The van der Waals surface area contributed by atoms with Crippen molar-refractivity contribution in [3.05, 3.63) is 77.6 Å². The number of hydrogen-bond donors (Lipinski definition) is 1. The predicted molar refractivity (Wildman–Crippen MR) is 171 cm³/mol. The number of hydrogen-bond acceptors (Lipinski definition) is 6. The van der Waals surface area contributed by atoms with E-state index in [0.717, 1.165) is 44.0 Å². The number of carbonyl (C=O) groups is 2. The Hall–Kier alpha value is -3.91. The van der Waals surface area contributed by atoms with E-state index in [2.05, 4.69) is 90.7 Å². The quantitative estimate of drug-likeness (QED) is 0.386. The van der Waals surface area contributed by atoms with Gasteiger partial charge in [0.05, 0.1) is 12.2 Å². The third-order valence-corrected chi connectivity index (χ3v) is 8.73. The summed E-state index contributed by atoms with van der Waals surface area (Å²) in [5.41, 5.74) is 6.15. The third kappa shape index (κ3) is 6.14. The highest BCUT2D eigenvalue weighted by Crippen LogP contribution is 2.35. The van der Waals surface area contributed by atoms with Crippen molar-refractivity contribution >= 4 is 34.0 Å². The van der Waals surface area contributed by atoms with Crippen LogP contribution in [0.25, 0.3) is 10.8 Å². The van der Waals surface area contributed by atoms with Crippen LogP contribution in [0.2, 0.25) is 0 Å². The van der Waals surface area contributed by atoms with Gasteiger partial charge in [0.25, 0.3) is 5.91 Å². The molecule has 2 aliphatic rings. The molecule has 42 heavy (non-hydrogen) atoms. The molecule has 3 heterocycles. The van der Waals surface area contributed by atoms with Gasteiger partial charge in [-0.2, -0.15) is 0 Å². The number of carbonyl (C=O) groups excluding carboxylic acids is 2. The Kier molecular flexibility index (Phi) is 9.12. The van der Waals surface area contributed by atoms with Crippen molar-refractivity contribution in [3.63, 3.8) is 0 Å². The molecule has 2 aromatic carbocycles. The molecule has 1 aromatic heterocycles. The van der Waals surface area contributed by atoms with Crippen LogP contribution in [0.15, 0.2) is 55.1 Å². The number of pyridine rings is 1. The molecule has 1 unspecified atom stereocenters. The zero-order chi connectivity index (χ0) is 29.8. The number of amides is 2. The lowest BCUT2D eigenvalue weighted by molar-refractivity contribution is -0.126. The summed E-state index contributed by atoms with van der Waals surface area (Å²) in [4.78, 5) is 39.7. The van der Waals surface area contributed by atoms with Crippen LogP contribution in [0, 0.1) is 6.92 Å². The van der Waals surface area contributed by atoms with E-state index < -0.39 is 0 Å². The van der Waals surface area contributed by atoms with Crippen molar-refractivity contribution in [2.45, 2.75) is 46.7 Å². The summed E-state index contributed by atoms with van der Waals surface area (Å²) < 4.78 is 0. The normalized spacial score (nSPS) is 16.0. The van der Waals surface area contributed by atoms with E-state index in [1.165, 1.54) is 33.7 Å². The SMILES string of the molecule is C=CC(=O)N1CCN(c2cc(C(=O)NC(C)CN(CC)CC)nc3c2CCN(c2cccc4cccc(C)c24)C3)CC1. The Bertz CT molecular complexity index is 1450. The maximum Gasteiger partial charge on any atom is 0.270 e. The summed E-state index contributed by atoms with van der Waals surface area (Å²) in [6.07, 6.45) is 2.22. The van der Waals surface area contributed by atoms with E-state index >= 15 is 0 Å². The number of piperazine rings is 1. The summed E-state index contributed by atoms with van der Waals surface area (Å²) in [6.45, 7) is 19.0. The number of rotatable bonds is 9. The van der Waals surface area contributed by atoms with Gasteiger partial charge in [-0.15, -0.1) is 0 Å². The number of nitrogens with one attached hydrogen (secondary N) is 1. The van der Waals surface area contributed by atoms with Crippen LogP contribution in [-0.2, 0) is 17.8 Å². The number of aromatic nitrogens is 1. The summed E-state index contributed by atoms with van der Waals surface area (Å²) in [5, 5.41) is 5.70. The fourth-order valence-electron chi connectivity index (χ4n) is 6.40. The first-order valence-corrected chi connectivity index (χ1v) is 15.3. The Labute approximate surface area is 250 Å².